The smallest absolute Gasteiger partial charge is 0.248 e. The Kier molecular flexibility index (Phi) is 2.68. The van der Waals surface area contributed by atoms with E-state index in [1.165, 1.54) is 43.2 Å². The number of primary amides is 1. The van der Waals surface area contributed by atoms with E-state index in [9.17, 15) is 4.79 Å². The van der Waals surface area contributed by atoms with Gasteiger partial charge in [-0.3, -0.25) is 4.79 Å². The Morgan fingerprint density at radius 1 is 1.30 bits per heavy atom. The molecule has 3 nitrogen and oxygen atoms in total. The van der Waals surface area contributed by atoms with Crippen LogP contribution in [-0.4, -0.2) is 18.5 Å². The van der Waals surface area contributed by atoms with Gasteiger partial charge in [0.05, 0.1) is 0 Å². The Morgan fingerprint density at radius 2 is 2.20 bits per heavy atom. The molecule has 1 saturated carbocycles. The van der Waals surface area contributed by atoms with Crippen molar-refractivity contribution >= 4 is 5.91 Å². The average Bonchev–Trinajstić information content (AvgIpc) is 2.46. The van der Waals surface area contributed by atoms with Crippen LogP contribution in [-0.2, 0) is 11.8 Å². The van der Waals surface area contributed by atoms with Crippen molar-refractivity contribution in [1.29, 1.82) is 0 Å². The highest BCUT2D eigenvalue weighted by Gasteiger charge is 2.51. The van der Waals surface area contributed by atoms with Crippen LogP contribution in [0.4, 0.5) is 0 Å². The van der Waals surface area contributed by atoms with Gasteiger partial charge in [-0.25, -0.2) is 0 Å². The van der Waals surface area contributed by atoms with Crippen molar-refractivity contribution in [3.05, 3.63) is 34.9 Å². The van der Waals surface area contributed by atoms with Gasteiger partial charge in [-0.15, -0.1) is 0 Å². The van der Waals surface area contributed by atoms with Crippen LogP contribution in [0.1, 0.15) is 53.6 Å². The number of rotatable bonds is 1. The fourth-order valence-corrected chi connectivity index (χ4v) is 5.08. The minimum atomic E-state index is -0.299. The molecule has 1 heterocycles. The Balaban J connectivity index is 1.89. The number of amides is 1. The number of carbonyl (C=O) groups excluding carboxylic acids is 1. The maximum absolute atomic E-state index is 11.5. The zero-order valence-electron chi connectivity index (χ0n) is 11.8. The maximum atomic E-state index is 11.5. The second kappa shape index (κ2) is 4.32. The highest BCUT2D eigenvalue weighted by Crippen LogP contribution is 2.53. The van der Waals surface area contributed by atoms with E-state index in [2.05, 4.69) is 17.4 Å². The normalized spacial score (nSPS) is 35.0. The molecule has 0 radical (unpaired) electrons. The summed E-state index contributed by atoms with van der Waals surface area (Å²) in [6.07, 6.45) is 7.62. The molecule has 0 spiro atoms. The number of hydrogen-bond donors (Lipinski definition) is 2. The van der Waals surface area contributed by atoms with E-state index in [4.69, 9.17) is 5.73 Å². The van der Waals surface area contributed by atoms with Gasteiger partial charge in [-0.1, -0.05) is 18.9 Å². The van der Waals surface area contributed by atoms with Crippen molar-refractivity contribution < 1.29 is 4.79 Å². The van der Waals surface area contributed by atoms with E-state index in [-0.39, 0.29) is 5.91 Å². The molecule has 1 amide bonds. The van der Waals surface area contributed by atoms with Gasteiger partial charge in [0.25, 0.3) is 0 Å². The summed E-state index contributed by atoms with van der Waals surface area (Å²) in [5.41, 5.74) is 9.36. The van der Waals surface area contributed by atoms with Crippen molar-refractivity contribution in [1.82, 2.24) is 5.32 Å². The number of nitrogens with two attached hydrogens (primary N) is 1. The molecule has 4 rings (SSSR count). The standard InChI is InChI=1S/C17H22N2O/c18-16(20)12-5-4-11-10-15-13-3-1-2-6-17(13,7-8-19-15)14(11)9-12/h4-5,9,13,15,19H,1-3,6-8,10H2,(H2,18,20). The fourth-order valence-electron chi connectivity index (χ4n) is 5.08. The summed E-state index contributed by atoms with van der Waals surface area (Å²) in [4.78, 5) is 11.5. The van der Waals surface area contributed by atoms with Gasteiger partial charge in [-0.05, 0) is 61.4 Å². The lowest BCUT2D eigenvalue weighted by atomic mass is 9.52. The first-order chi connectivity index (χ1) is 9.71. The minimum absolute atomic E-state index is 0.299. The van der Waals surface area contributed by atoms with Gasteiger partial charge in [0.1, 0.15) is 0 Å². The average molecular weight is 270 g/mol. The minimum Gasteiger partial charge on any atom is -0.366 e. The molecule has 3 N–H and O–H groups in total. The molecule has 1 saturated heterocycles. The van der Waals surface area contributed by atoms with Gasteiger partial charge < -0.3 is 11.1 Å². The summed E-state index contributed by atoms with van der Waals surface area (Å²) in [6, 6.07) is 6.78. The van der Waals surface area contributed by atoms with Crippen LogP contribution in [0.2, 0.25) is 0 Å². The number of carbonyl (C=O) groups is 1. The second-order valence-electron chi connectivity index (χ2n) is 6.76. The summed E-state index contributed by atoms with van der Waals surface area (Å²) in [5, 5.41) is 3.73. The third kappa shape index (κ3) is 1.59. The Labute approximate surface area is 119 Å². The number of hydrogen-bond acceptors (Lipinski definition) is 2. The van der Waals surface area contributed by atoms with E-state index in [0.717, 1.165) is 18.9 Å². The first kappa shape index (κ1) is 12.4. The van der Waals surface area contributed by atoms with Crippen molar-refractivity contribution in [3.8, 4) is 0 Å². The van der Waals surface area contributed by atoms with E-state index in [0.29, 0.717) is 17.0 Å². The van der Waals surface area contributed by atoms with Gasteiger partial charge in [0.2, 0.25) is 5.91 Å². The number of piperidine rings is 1. The summed E-state index contributed by atoms with van der Waals surface area (Å²) in [5.74, 6) is 0.452. The third-order valence-electron chi connectivity index (χ3n) is 5.93. The maximum Gasteiger partial charge on any atom is 0.248 e. The molecule has 1 aliphatic heterocycles. The van der Waals surface area contributed by atoms with E-state index >= 15 is 0 Å². The Bertz CT molecular complexity index is 564. The Hall–Kier alpha value is -1.35. The molecular formula is C17H22N2O. The molecule has 1 aromatic rings. The molecule has 3 heteroatoms. The van der Waals surface area contributed by atoms with Gasteiger partial charge in [0.15, 0.2) is 0 Å². The van der Waals surface area contributed by atoms with Crippen LogP contribution in [0.15, 0.2) is 18.2 Å². The molecule has 2 fully saturated rings. The summed E-state index contributed by atoms with van der Waals surface area (Å²) in [7, 11) is 0. The van der Waals surface area contributed by atoms with E-state index < -0.39 is 0 Å². The molecule has 2 bridgehead atoms. The van der Waals surface area contributed by atoms with Crippen molar-refractivity contribution in [2.45, 2.75) is 50.0 Å². The lowest BCUT2D eigenvalue weighted by Crippen LogP contribution is -2.59. The first-order valence-corrected chi connectivity index (χ1v) is 7.87. The van der Waals surface area contributed by atoms with Crippen molar-refractivity contribution in [2.24, 2.45) is 11.7 Å². The second-order valence-corrected chi connectivity index (χ2v) is 6.76. The number of fused-ring (bicyclic) bond motifs is 1. The number of nitrogens with one attached hydrogen (secondary N) is 1. The Morgan fingerprint density at radius 3 is 3.05 bits per heavy atom. The summed E-state index contributed by atoms with van der Waals surface area (Å²) < 4.78 is 0. The molecule has 2 aliphatic carbocycles. The highest BCUT2D eigenvalue weighted by atomic mass is 16.1. The largest absolute Gasteiger partial charge is 0.366 e. The van der Waals surface area contributed by atoms with Crippen LogP contribution >= 0.6 is 0 Å². The third-order valence-corrected chi connectivity index (χ3v) is 5.93. The van der Waals surface area contributed by atoms with E-state index in [1.807, 2.05) is 6.07 Å². The van der Waals surface area contributed by atoms with Crippen LogP contribution in [0.3, 0.4) is 0 Å². The topological polar surface area (TPSA) is 55.1 Å². The SMILES string of the molecule is NC(=O)c1ccc2c(c1)C13CCCCC1C(C2)NCC3. The predicted molar refractivity (Wildman–Crippen MR) is 78.7 cm³/mol. The molecule has 106 valence electrons. The van der Waals surface area contributed by atoms with Gasteiger partial charge in [-0.2, -0.15) is 0 Å². The lowest BCUT2D eigenvalue weighted by molar-refractivity contribution is 0.0796. The molecule has 3 unspecified atom stereocenters. The van der Waals surface area contributed by atoms with E-state index in [1.54, 1.807) is 0 Å². The molecule has 20 heavy (non-hydrogen) atoms. The zero-order valence-corrected chi connectivity index (χ0v) is 11.8. The lowest BCUT2D eigenvalue weighted by Gasteiger charge is -2.56. The van der Waals surface area contributed by atoms with Crippen LogP contribution in [0.5, 0.6) is 0 Å². The van der Waals surface area contributed by atoms with Gasteiger partial charge >= 0.3 is 0 Å². The molecule has 3 aliphatic rings. The van der Waals surface area contributed by atoms with Crippen LogP contribution < -0.4 is 11.1 Å². The van der Waals surface area contributed by atoms with Crippen molar-refractivity contribution in [3.63, 3.8) is 0 Å². The number of benzene rings is 1. The fraction of sp³-hybridized carbons (Fsp3) is 0.588. The monoisotopic (exact) mass is 270 g/mol. The molecule has 3 atom stereocenters. The summed E-state index contributed by atoms with van der Waals surface area (Å²) in [6.45, 7) is 1.11. The zero-order chi connectivity index (χ0) is 13.7. The first-order valence-electron chi connectivity index (χ1n) is 7.87. The van der Waals surface area contributed by atoms with Gasteiger partial charge in [0, 0.05) is 17.0 Å². The molecular weight excluding hydrogens is 248 g/mol. The predicted octanol–water partition coefficient (Wildman–Crippen LogP) is 2.13. The van der Waals surface area contributed by atoms with Crippen LogP contribution in [0.25, 0.3) is 0 Å². The molecule has 0 aromatic heterocycles. The highest BCUT2D eigenvalue weighted by molar-refractivity contribution is 5.93. The molecule has 1 aromatic carbocycles. The quantitative estimate of drug-likeness (QED) is 0.821. The van der Waals surface area contributed by atoms with Crippen LogP contribution in [0, 0.1) is 5.92 Å². The van der Waals surface area contributed by atoms with Crippen molar-refractivity contribution in [2.75, 3.05) is 6.54 Å². The summed E-state index contributed by atoms with van der Waals surface area (Å²) >= 11 is 0.